The summed E-state index contributed by atoms with van der Waals surface area (Å²) in [6.45, 7) is 0. The molecular formula is C16H12N2O. The summed E-state index contributed by atoms with van der Waals surface area (Å²) in [5.41, 5.74) is 2.31. The van der Waals surface area contributed by atoms with Gasteiger partial charge < -0.3 is 5.21 Å². The van der Waals surface area contributed by atoms with Crippen LogP contribution in [0.15, 0.2) is 72.1 Å². The number of nitrogens with zero attached hydrogens (tertiary/aromatic N) is 2. The van der Waals surface area contributed by atoms with Crippen molar-refractivity contribution < 1.29 is 5.21 Å². The largest absolute Gasteiger partial charge is 0.410 e. The topological polar surface area (TPSA) is 45.5 Å². The van der Waals surface area contributed by atoms with Crippen molar-refractivity contribution in [3.63, 3.8) is 0 Å². The Morgan fingerprint density at radius 3 is 2.42 bits per heavy atom. The lowest BCUT2D eigenvalue weighted by Gasteiger charge is -2.08. The van der Waals surface area contributed by atoms with Gasteiger partial charge in [0.15, 0.2) is 0 Å². The standard InChI is InChI=1S/C16H12N2O/c19-18-16(13-8-10-17-11-9-13)15-7-3-5-12-4-1-2-6-14(12)15/h1-11,19H/b18-16+. The molecule has 0 atom stereocenters. The first kappa shape index (κ1) is 11.4. The Bertz CT molecular complexity index is 731. The molecule has 2 aromatic carbocycles. The first-order valence-electron chi connectivity index (χ1n) is 6.01. The van der Waals surface area contributed by atoms with Crippen LogP contribution in [0.25, 0.3) is 10.8 Å². The van der Waals surface area contributed by atoms with E-state index < -0.39 is 0 Å². The van der Waals surface area contributed by atoms with Crippen molar-refractivity contribution in [1.29, 1.82) is 0 Å². The molecule has 1 N–H and O–H groups in total. The van der Waals surface area contributed by atoms with Crippen LogP contribution in [-0.2, 0) is 0 Å². The Balaban J connectivity index is 2.24. The summed E-state index contributed by atoms with van der Waals surface area (Å²) < 4.78 is 0. The summed E-state index contributed by atoms with van der Waals surface area (Å²) in [6, 6.07) is 17.7. The number of rotatable bonds is 2. The molecule has 0 amide bonds. The average molecular weight is 248 g/mol. The molecule has 0 bridgehead atoms. The van der Waals surface area contributed by atoms with Gasteiger partial charge in [0.1, 0.15) is 5.71 Å². The lowest BCUT2D eigenvalue weighted by atomic mass is 9.97. The Morgan fingerprint density at radius 1 is 0.895 bits per heavy atom. The summed E-state index contributed by atoms with van der Waals surface area (Å²) in [7, 11) is 0. The van der Waals surface area contributed by atoms with Gasteiger partial charge in [-0.25, -0.2) is 0 Å². The number of hydrogen-bond donors (Lipinski definition) is 1. The van der Waals surface area contributed by atoms with Crippen LogP contribution in [0.3, 0.4) is 0 Å². The molecule has 19 heavy (non-hydrogen) atoms. The van der Waals surface area contributed by atoms with E-state index in [-0.39, 0.29) is 0 Å². The molecular weight excluding hydrogens is 236 g/mol. The molecule has 0 aliphatic carbocycles. The molecule has 0 unspecified atom stereocenters. The van der Waals surface area contributed by atoms with Crippen LogP contribution in [0.5, 0.6) is 0 Å². The molecule has 0 fully saturated rings. The minimum absolute atomic E-state index is 0.555. The number of pyridine rings is 1. The van der Waals surface area contributed by atoms with Gasteiger partial charge in [0.2, 0.25) is 0 Å². The summed E-state index contributed by atoms with van der Waals surface area (Å²) in [4.78, 5) is 3.98. The van der Waals surface area contributed by atoms with Gasteiger partial charge in [-0.15, -0.1) is 0 Å². The number of fused-ring (bicyclic) bond motifs is 1. The molecule has 0 saturated heterocycles. The van der Waals surface area contributed by atoms with Gasteiger partial charge in [-0.05, 0) is 22.9 Å². The first-order chi connectivity index (χ1) is 9.40. The molecule has 3 aromatic rings. The number of benzene rings is 2. The van der Waals surface area contributed by atoms with Crippen molar-refractivity contribution in [3.05, 3.63) is 78.1 Å². The maximum absolute atomic E-state index is 9.36. The second kappa shape index (κ2) is 4.90. The van der Waals surface area contributed by atoms with Crippen LogP contribution < -0.4 is 0 Å². The fourth-order valence-corrected chi connectivity index (χ4v) is 2.21. The molecule has 3 heteroatoms. The Morgan fingerprint density at radius 2 is 1.63 bits per heavy atom. The summed E-state index contributed by atoms with van der Waals surface area (Å²) in [5, 5.41) is 15.0. The molecule has 0 aliphatic rings. The van der Waals surface area contributed by atoms with Crippen molar-refractivity contribution in [3.8, 4) is 0 Å². The minimum atomic E-state index is 0.555. The predicted molar refractivity (Wildman–Crippen MR) is 75.6 cm³/mol. The van der Waals surface area contributed by atoms with E-state index in [1.165, 1.54) is 0 Å². The van der Waals surface area contributed by atoms with Gasteiger partial charge in [0.25, 0.3) is 0 Å². The summed E-state index contributed by atoms with van der Waals surface area (Å²) >= 11 is 0. The molecule has 0 radical (unpaired) electrons. The molecule has 0 saturated carbocycles. The van der Waals surface area contributed by atoms with Crippen molar-refractivity contribution in [2.75, 3.05) is 0 Å². The zero-order valence-electron chi connectivity index (χ0n) is 10.2. The van der Waals surface area contributed by atoms with Crippen LogP contribution in [0.1, 0.15) is 11.1 Å². The predicted octanol–water partition coefficient (Wildman–Crippen LogP) is 3.46. The lowest BCUT2D eigenvalue weighted by Crippen LogP contribution is -2.04. The average Bonchev–Trinajstić information content (AvgIpc) is 2.49. The van der Waals surface area contributed by atoms with E-state index in [4.69, 9.17) is 0 Å². The highest BCUT2D eigenvalue weighted by molar-refractivity contribution is 6.19. The van der Waals surface area contributed by atoms with Gasteiger partial charge in [-0.3, -0.25) is 4.98 Å². The Kier molecular flexibility index (Phi) is 2.94. The van der Waals surface area contributed by atoms with Crippen LogP contribution in [0, 0.1) is 0 Å². The molecule has 1 heterocycles. The third-order valence-corrected chi connectivity index (χ3v) is 3.10. The number of oxime groups is 1. The van der Waals surface area contributed by atoms with Crippen molar-refractivity contribution in [2.24, 2.45) is 5.16 Å². The highest BCUT2D eigenvalue weighted by Gasteiger charge is 2.10. The number of aromatic nitrogens is 1. The van der Waals surface area contributed by atoms with Crippen LogP contribution in [-0.4, -0.2) is 15.9 Å². The molecule has 1 aromatic heterocycles. The zero-order chi connectivity index (χ0) is 13.1. The number of hydrogen-bond acceptors (Lipinski definition) is 3. The molecule has 3 rings (SSSR count). The fourth-order valence-electron chi connectivity index (χ4n) is 2.21. The Labute approximate surface area is 110 Å². The quantitative estimate of drug-likeness (QED) is 0.429. The van der Waals surface area contributed by atoms with Crippen molar-refractivity contribution in [2.45, 2.75) is 0 Å². The highest BCUT2D eigenvalue weighted by atomic mass is 16.4. The van der Waals surface area contributed by atoms with Crippen LogP contribution in [0.4, 0.5) is 0 Å². The van der Waals surface area contributed by atoms with Gasteiger partial charge in [-0.1, -0.05) is 47.6 Å². The monoisotopic (exact) mass is 248 g/mol. The SMILES string of the molecule is O/N=C(\c1ccncc1)c1cccc2ccccc12. The Hall–Kier alpha value is -2.68. The molecule has 0 aliphatic heterocycles. The van der Waals surface area contributed by atoms with Crippen LogP contribution in [0.2, 0.25) is 0 Å². The zero-order valence-corrected chi connectivity index (χ0v) is 10.2. The normalized spacial score (nSPS) is 11.7. The molecule has 0 spiro atoms. The van der Waals surface area contributed by atoms with E-state index in [2.05, 4.69) is 10.1 Å². The van der Waals surface area contributed by atoms with Gasteiger partial charge in [0, 0.05) is 23.5 Å². The molecule has 3 nitrogen and oxygen atoms in total. The first-order valence-corrected chi connectivity index (χ1v) is 6.01. The smallest absolute Gasteiger partial charge is 0.117 e. The fraction of sp³-hybridized carbons (Fsp3) is 0. The van der Waals surface area contributed by atoms with E-state index in [1.807, 2.05) is 54.6 Å². The van der Waals surface area contributed by atoms with Crippen molar-refractivity contribution >= 4 is 16.5 Å². The second-order valence-electron chi connectivity index (χ2n) is 4.21. The third-order valence-electron chi connectivity index (χ3n) is 3.10. The van der Waals surface area contributed by atoms with E-state index in [0.29, 0.717) is 5.71 Å². The summed E-state index contributed by atoms with van der Waals surface area (Å²) in [5.74, 6) is 0. The van der Waals surface area contributed by atoms with Crippen LogP contribution >= 0.6 is 0 Å². The van der Waals surface area contributed by atoms with Gasteiger partial charge in [0.05, 0.1) is 0 Å². The van der Waals surface area contributed by atoms with E-state index in [0.717, 1.165) is 21.9 Å². The summed E-state index contributed by atoms with van der Waals surface area (Å²) in [6.07, 6.45) is 3.37. The van der Waals surface area contributed by atoms with Gasteiger partial charge >= 0.3 is 0 Å². The van der Waals surface area contributed by atoms with E-state index in [9.17, 15) is 5.21 Å². The lowest BCUT2D eigenvalue weighted by molar-refractivity contribution is 0.319. The maximum atomic E-state index is 9.36. The highest BCUT2D eigenvalue weighted by Crippen LogP contribution is 2.21. The van der Waals surface area contributed by atoms with Gasteiger partial charge in [-0.2, -0.15) is 0 Å². The van der Waals surface area contributed by atoms with Crippen molar-refractivity contribution in [1.82, 2.24) is 4.98 Å². The third kappa shape index (κ3) is 2.06. The maximum Gasteiger partial charge on any atom is 0.117 e. The van der Waals surface area contributed by atoms with E-state index in [1.54, 1.807) is 12.4 Å². The molecule has 92 valence electrons. The minimum Gasteiger partial charge on any atom is -0.410 e. The second-order valence-corrected chi connectivity index (χ2v) is 4.21. The van der Waals surface area contributed by atoms with E-state index >= 15 is 0 Å².